The number of amides is 1. The van der Waals surface area contributed by atoms with Crippen molar-refractivity contribution in [1.29, 1.82) is 0 Å². The highest BCUT2D eigenvalue weighted by molar-refractivity contribution is 7.13. The third kappa shape index (κ3) is 3.09. The molecule has 6 rings (SSSR count). The van der Waals surface area contributed by atoms with Gasteiger partial charge in [-0.05, 0) is 53.6 Å². The quantitative estimate of drug-likeness (QED) is 0.431. The maximum absolute atomic E-state index is 13.6. The van der Waals surface area contributed by atoms with E-state index in [1.165, 1.54) is 11.1 Å². The van der Waals surface area contributed by atoms with Gasteiger partial charge >= 0.3 is 0 Å². The van der Waals surface area contributed by atoms with Crippen LogP contribution in [0.5, 0.6) is 0 Å². The lowest BCUT2D eigenvalue weighted by molar-refractivity contribution is 0.0933. The first-order valence-electron chi connectivity index (χ1n) is 10.5. The second-order valence-corrected chi connectivity index (χ2v) is 8.69. The summed E-state index contributed by atoms with van der Waals surface area (Å²) in [5, 5.41) is 10.7. The number of rotatable bonds is 4. The van der Waals surface area contributed by atoms with Crippen LogP contribution in [0.25, 0.3) is 27.3 Å². The maximum atomic E-state index is 13.6. The summed E-state index contributed by atoms with van der Waals surface area (Å²) in [4.78, 5) is 23.6. The van der Waals surface area contributed by atoms with E-state index in [1.807, 2.05) is 53.9 Å². The van der Waals surface area contributed by atoms with Crippen molar-refractivity contribution >= 4 is 28.3 Å². The lowest BCUT2D eigenvalue weighted by Crippen LogP contribution is -2.27. The molecule has 1 atom stereocenters. The third-order valence-corrected chi connectivity index (χ3v) is 6.78. The molecule has 4 heterocycles. The van der Waals surface area contributed by atoms with Crippen molar-refractivity contribution in [3.05, 3.63) is 95.3 Å². The predicted octanol–water partition coefficient (Wildman–Crippen LogP) is 4.96. The van der Waals surface area contributed by atoms with Gasteiger partial charge in [0.05, 0.1) is 11.4 Å². The smallest absolute Gasteiger partial charge is 0.273 e. The van der Waals surface area contributed by atoms with Crippen molar-refractivity contribution < 1.29 is 4.79 Å². The third-order valence-electron chi connectivity index (χ3n) is 5.87. The number of benzene rings is 1. The molecule has 1 amide bonds. The van der Waals surface area contributed by atoms with Gasteiger partial charge in [0.2, 0.25) is 0 Å². The Hall–Kier alpha value is -3.84. The van der Waals surface area contributed by atoms with E-state index < -0.39 is 0 Å². The molecule has 1 aliphatic carbocycles. The molecular weight excluding hydrogens is 418 g/mol. The minimum Gasteiger partial charge on any atom is -0.344 e. The number of hydrogen-bond acceptors (Lipinski definition) is 5. The molecule has 6 nitrogen and oxygen atoms in total. The van der Waals surface area contributed by atoms with Crippen LogP contribution in [0.2, 0.25) is 0 Å². The molecule has 0 saturated carbocycles. The molecule has 7 heteroatoms. The Morgan fingerprint density at radius 2 is 1.91 bits per heavy atom. The van der Waals surface area contributed by atoms with E-state index in [4.69, 9.17) is 5.10 Å². The second kappa shape index (κ2) is 7.69. The Kier molecular flexibility index (Phi) is 4.54. The van der Waals surface area contributed by atoms with E-state index in [9.17, 15) is 4.79 Å². The number of fused-ring (bicyclic) bond motifs is 2. The van der Waals surface area contributed by atoms with Crippen molar-refractivity contribution in [1.82, 2.24) is 25.1 Å². The van der Waals surface area contributed by atoms with Crippen molar-refractivity contribution in [3.8, 4) is 16.3 Å². The summed E-state index contributed by atoms with van der Waals surface area (Å²) in [6, 6.07) is 19.9. The molecule has 0 spiro atoms. The van der Waals surface area contributed by atoms with Crippen LogP contribution in [-0.4, -0.2) is 25.7 Å². The lowest BCUT2D eigenvalue weighted by atomic mass is 10.1. The fourth-order valence-electron chi connectivity index (χ4n) is 4.41. The Morgan fingerprint density at radius 3 is 2.75 bits per heavy atom. The number of thiophene rings is 1. The highest BCUT2D eigenvalue weighted by Crippen LogP contribution is 2.35. The van der Waals surface area contributed by atoms with E-state index in [2.05, 4.69) is 27.4 Å². The molecule has 0 bridgehead atoms. The number of carbonyl (C=O) groups is 1. The molecule has 0 saturated heterocycles. The summed E-state index contributed by atoms with van der Waals surface area (Å²) in [6.07, 6.45) is 5.32. The molecule has 0 fully saturated rings. The van der Waals surface area contributed by atoms with Crippen molar-refractivity contribution in [2.45, 2.75) is 18.9 Å². The first kappa shape index (κ1) is 18.9. The molecule has 1 aromatic carbocycles. The van der Waals surface area contributed by atoms with Crippen LogP contribution in [0.3, 0.4) is 0 Å². The number of hydrogen-bond donors (Lipinski definition) is 1. The summed E-state index contributed by atoms with van der Waals surface area (Å²) in [5.41, 5.74) is 4.41. The number of nitrogens with zero attached hydrogens (tertiary/aromatic N) is 4. The summed E-state index contributed by atoms with van der Waals surface area (Å²) in [6.45, 7) is 0. The molecule has 32 heavy (non-hydrogen) atoms. The molecule has 4 aromatic heterocycles. The summed E-state index contributed by atoms with van der Waals surface area (Å²) in [5.74, 6) is 0.427. The minimum atomic E-state index is -0.197. The fraction of sp³-hybridized carbons (Fsp3) is 0.120. The number of nitrogens with one attached hydrogen (secondary N) is 1. The zero-order valence-corrected chi connectivity index (χ0v) is 17.9. The van der Waals surface area contributed by atoms with Crippen LogP contribution < -0.4 is 5.32 Å². The van der Waals surface area contributed by atoms with Gasteiger partial charge in [-0.2, -0.15) is 9.78 Å². The number of pyridine rings is 2. The van der Waals surface area contributed by atoms with E-state index in [1.54, 1.807) is 28.4 Å². The first-order chi connectivity index (χ1) is 15.8. The number of aryl methyl sites for hydroxylation is 1. The van der Waals surface area contributed by atoms with Gasteiger partial charge < -0.3 is 5.32 Å². The van der Waals surface area contributed by atoms with Crippen LogP contribution in [0.15, 0.2) is 78.4 Å². The summed E-state index contributed by atoms with van der Waals surface area (Å²) < 4.78 is 1.66. The summed E-state index contributed by atoms with van der Waals surface area (Å²) in [7, 11) is 0. The van der Waals surface area contributed by atoms with Crippen molar-refractivity contribution in [2.24, 2.45) is 0 Å². The highest BCUT2D eigenvalue weighted by atomic mass is 32.1. The van der Waals surface area contributed by atoms with Gasteiger partial charge in [-0.1, -0.05) is 36.4 Å². The van der Waals surface area contributed by atoms with Gasteiger partial charge in [-0.25, -0.2) is 9.97 Å². The van der Waals surface area contributed by atoms with Crippen LogP contribution >= 0.6 is 11.3 Å². The highest BCUT2D eigenvalue weighted by Gasteiger charge is 2.28. The predicted molar refractivity (Wildman–Crippen MR) is 125 cm³/mol. The topological polar surface area (TPSA) is 72.7 Å². The van der Waals surface area contributed by atoms with Crippen LogP contribution in [0.4, 0.5) is 0 Å². The van der Waals surface area contributed by atoms with Crippen molar-refractivity contribution in [3.63, 3.8) is 0 Å². The molecule has 156 valence electrons. The van der Waals surface area contributed by atoms with E-state index >= 15 is 0 Å². The van der Waals surface area contributed by atoms with Crippen LogP contribution in [0.1, 0.15) is 34.1 Å². The van der Waals surface area contributed by atoms with Gasteiger partial charge in [0, 0.05) is 22.8 Å². The maximum Gasteiger partial charge on any atom is 0.273 e. The SMILES string of the molecule is O=C(N[C@H]1CCc2ccccc21)c1nn(-c2ccccn2)c2nccc(-c3cccs3)c12. The van der Waals surface area contributed by atoms with Crippen LogP contribution in [0, 0.1) is 0 Å². The van der Waals surface area contributed by atoms with E-state index in [-0.39, 0.29) is 11.9 Å². The average molecular weight is 438 g/mol. The Bertz CT molecular complexity index is 1430. The summed E-state index contributed by atoms with van der Waals surface area (Å²) >= 11 is 1.63. The zero-order valence-electron chi connectivity index (χ0n) is 17.1. The average Bonchev–Trinajstić information content (AvgIpc) is 3.59. The van der Waals surface area contributed by atoms with E-state index in [0.29, 0.717) is 17.2 Å². The van der Waals surface area contributed by atoms with Gasteiger partial charge in [-0.3, -0.25) is 4.79 Å². The van der Waals surface area contributed by atoms with E-state index in [0.717, 1.165) is 28.7 Å². The molecular formula is C25H19N5OS. The normalized spacial score (nSPS) is 15.1. The Balaban J connectivity index is 1.49. The Morgan fingerprint density at radius 1 is 1.00 bits per heavy atom. The largest absolute Gasteiger partial charge is 0.344 e. The van der Waals surface area contributed by atoms with Gasteiger partial charge in [0.25, 0.3) is 5.91 Å². The van der Waals surface area contributed by atoms with Gasteiger partial charge in [0.1, 0.15) is 0 Å². The number of aromatic nitrogens is 4. The molecule has 0 radical (unpaired) electrons. The molecule has 1 aliphatic rings. The molecule has 5 aromatic rings. The van der Waals surface area contributed by atoms with Gasteiger partial charge in [0.15, 0.2) is 17.2 Å². The number of carbonyl (C=O) groups excluding carboxylic acids is 1. The molecule has 1 N–H and O–H groups in total. The lowest BCUT2D eigenvalue weighted by Gasteiger charge is -2.13. The zero-order chi connectivity index (χ0) is 21.5. The minimum absolute atomic E-state index is 0.0180. The monoisotopic (exact) mass is 437 g/mol. The molecule has 0 aliphatic heterocycles. The van der Waals surface area contributed by atoms with Crippen molar-refractivity contribution in [2.75, 3.05) is 0 Å². The van der Waals surface area contributed by atoms with Crippen LogP contribution in [-0.2, 0) is 6.42 Å². The first-order valence-corrected chi connectivity index (χ1v) is 11.4. The fourth-order valence-corrected chi connectivity index (χ4v) is 5.17. The second-order valence-electron chi connectivity index (χ2n) is 7.75. The molecule has 0 unspecified atom stereocenters. The Labute approximate surface area is 188 Å². The van der Waals surface area contributed by atoms with Gasteiger partial charge in [-0.15, -0.1) is 11.3 Å². The standard InChI is InChI=1S/C25H19N5OS/c31-25(28-19-11-10-16-6-1-2-7-17(16)19)23-22-18(20-8-5-15-32-20)12-14-27-24(22)30(29-23)21-9-3-4-13-26-21/h1-9,12-15,19H,10-11H2,(H,28,31)/t19-/m0/s1.